The SMILES string of the molecule is Cc1c(CNC(C)C2CCOC2)n(C)c2ccccc12. The Bertz CT molecular complexity index is 557. The molecule has 0 radical (unpaired) electrons. The molecule has 1 aliphatic heterocycles. The van der Waals surface area contributed by atoms with Crippen LogP contribution in [0.5, 0.6) is 0 Å². The minimum atomic E-state index is 0.509. The Kier molecular flexibility index (Phi) is 3.81. The summed E-state index contributed by atoms with van der Waals surface area (Å²) in [4.78, 5) is 0. The number of rotatable bonds is 4. The van der Waals surface area contributed by atoms with Crippen molar-refractivity contribution in [2.45, 2.75) is 32.9 Å². The molecule has 2 atom stereocenters. The van der Waals surface area contributed by atoms with Crippen molar-refractivity contribution in [3.05, 3.63) is 35.5 Å². The first kappa shape index (κ1) is 13.7. The maximum atomic E-state index is 5.48. The molecule has 1 aromatic carbocycles. The van der Waals surface area contributed by atoms with Gasteiger partial charge < -0.3 is 14.6 Å². The summed E-state index contributed by atoms with van der Waals surface area (Å²) in [5, 5.41) is 5.05. The monoisotopic (exact) mass is 272 g/mol. The lowest BCUT2D eigenvalue weighted by Crippen LogP contribution is -2.34. The lowest BCUT2D eigenvalue weighted by molar-refractivity contribution is 0.178. The van der Waals surface area contributed by atoms with Crippen molar-refractivity contribution < 1.29 is 4.74 Å². The van der Waals surface area contributed by atoms with E-state index in [-0.39, 0.29) is 0 Å². The van der Waals surface area contributed by atoms with Gasteiger partial charge in [0.25, 0.3) is 0 Å². The molecule has 2 heterocycles. The van der Waals surface area contributed by atoms with Crippen LogP contribution in [0.3, 0.4) is 0 Å². The van der Waals surface area contributed by atoms with E-state index in [1.807, 2.05) is 0 Å². The molecule has 108 valence electrons. The Balaban J connectivity index is 1.77. The summed E-state index contributed by atoms with van der Waals surface area (Å²) in [5.41, 5.74) is 4.10. The van der Waals surface area contributed by atoms with Crippen molar-refractivity contribution >= 4 is 10.9 Å². The molecule has 1 aromatic heterocycles. The predicted molar refractivity (Wildman–Crippen MR) is 82.9 cm³/mol. The standard InChI is InChI=1S/C17H24N2O/c1-12-15-6-4-5-7-16(15)19(3)17(12)10-18-13(2)14-8-9-20-11-14/h4-7,13-14,18H,8-11H2,1-3H3. The summed E-state index contributed by atoms with van der Waals surface area (Å²) >= 11 is 0. The first-order valence-corrected chi connectivity index (χ1v) is 7.52. The van der Waals surface area contributed by atoms with Gasteiger partial charge in [0.05, 0.1) is 6.61 Å². The van der Waals surface area contributed by atoms with Gasteiger partial charge in [-0.25, -0.2) is 0 Å². The normalized spacial score (nSPS) is 20.6. The Morgan fingerprint density at radius 2 is 2.20 bits per heavy atom. The highest BCUT2D eigenvalue weighted by Crippen LogP contribution is 2.25. The lowest BCUT2D eigenvalue weighted by atomic mass is 10.0. The number of ether oxygens (including phenoxy) is 1. The van der Waals surface area contributed by atoms with Crippen LogP contribution in [0.1, 0.15) is 24.6 Å². The van der Waals surface area contributed by atoms with Gasteiger partial charge in [0, 0.05) is 42.8 Å². The van der Waals surface area contributed by atoms with E-state index < -0.39 is 0 Å². The molecule has 1 fully saturated rings. The molecule has 1 saturated heterocycles. The topological polar surface area (TPSA) is 26.2 Å². The van der Waals surface area contributed by atoms with E-state index >= 15 is 0 Å². The molecule has 0 bridgehead atoms. The van der Waals surface area contributed by atoms with Crippen LogP contribution in [0.2, 0.25) is 0 Å². The van der Waals surface area contributed by atoms with E-state index in [1.54, 1.807) is 0 Å². The summed E-state index contributed by atoms with van der Waals surface area (Å²) < 4.78 is 7.80. The summed E-state index contributed by atoms with van der Waals surface area (Å²) in [5.74, 6) is 0.657. The summed E-state index contributed by atoms with van der Waals surface area (Å²) in [7, 11) is 2.16. The average molecular weight is 272 g/mol. The number of hydrogen-bond acceptors (Lipinski definition) is 2. The van der Waals surface area contributed by atoms with Crippen LogP contribution in [0, 0.1) is 12.8 Å². The predicted octanol–water partition coefficient (Wildman–Crippen LogP) is 3.00. The zero-order valence-corrected chi connectivity index (χ0v) is 12.6. The molecule has 1 N–H and O–H groups in total. The number of nitrogens with one attached hydrogen (secondary N) is 1. The molecule has 2 aromatic rings. The van der Waals surface area contributed by atoms with Gasteiger partial charge in [-0.15, -0.1) is 0 Å². The third-order valence-corrected chi connectivity index (χ3v) is 4.77. The molecule has 0 aliphatic carbocycles. The quantitative estimate of drug-likeness (QED) is 0.926. The van der Waals surface area contributed by atoms with Crippen LogP contribution in [0.25, 0.3) is 10.9 Å². The van der Waals surface area contributed by atoms with Crippen LogP contribution in [0.15, 0.2) is 24.3 Å². The highest BCUT2D eigenvalue weighted by molar-refractivity contribution is 5.85. The maximum Gasteiger partial charge on any atom is 0.0509 e. The van der Waals surface area contributed by atoms with Gasteiger partial charge in [-0.2, -0.15) is 0 Å². The van der Waals surface area contributed by atoms with Crippen molar-refractivity contribution in [1.29, 1.82) is 0 Å². The van der Waals surface area contributed by atoms with Crippen molar-refractivity contribution in [1.82, 2.24) is 9.88 Å². The van der Waals surface area contributed by atoms with Gasteiger partial charge in [-0.1, -0.05) is 18.2 Å². The van der Waals surface area contributed by atoms with Crippen molar-refractivity contribution in [3.8, 4) is 0 Å². The number of fused-ring (bicyclic) bond motifs is 1. The van der Waals surface area contributed by atoms with Gasteiger partial charge in [0.15, 0.2) is 0 Å². The molecule has 0 spiro atoms. The highest BCUT2D eigenvalue weighted by Gasteiger charge is 2.22. The second kappa shape index (κ2) is 5.58. The minimum absolute atomic E-state index is 0.509. The zero-order chi connectivity index (χ0) is 14.1. The van der Waals surface area contributed by atoms with Crippen LogP contribution in [0.4, 0.5) is 0 Å². The minimum Gasteiger partial charge on any atom is -0.381 e. The van der Waals surface area contributed by atoms with Gasteiger partial charge in [-0.05, 0) is 37.8 Å². The Morgan fingerprint density at radius 1 is 1.40 bits per heavy atom. The lowest BCUT2D eigenvalue weighted by Gasteiger charge is -2.20. The fraction of sp³-hybridized carbons (Fsp3) is 0.529. The Hall–Kier alpha value is -1.32. The summed E-state index contributed by atoms with van der Waals surface area (Å²) in [6.07, 6.45) is 1.18. The molecule has 20 heavy (non-hydrogen) atoms. The summed E-state index contributed by atoms with van der Waals surface area (Å²) in [6.45, 7) is 7.25. The second-order valence-electron chi connectivity index (χ2n) is 5.94. The Morgan fingerprint density at radius 3 is 2.90 bits per heavy atom. The van der Waals surface area contributed by atoms with E-state index in [9.17, 15) is 0 Å². The van der Waals surface area contributed by atoms with Gasteiger partial charge in [-0.3, -0.25) is 0 Å². The third kappa shape index (κ3) is 2.36. The largest absolute Gasteiger partial charge is 0.381 e. The van der Waals surface area contributed by atoms with E-state index in [4.69, 9.17) is 4.74 Å². The molecule has 1 aliphatic rings. The smallest absolute Gasteiger partial charge is 0.0509 e. The van der Waals surface area contributed by atoms with E-state index in [2.05, 4.69) is 55.0 Å². The zero-order valence-electron chi connectivity index (χ0n) is 12.6. The summed E-state index contributed by atoms with van der Waals surface area (Å²) in [6, 6.07) is 9.14. The van der Waals surface area contributed by atoms with Crippen molar-refractivity contribution in [3.63, 3.8) is 0 Å². The van der Waals surface area contributed by atoms with Crippen LogP contribution >= 0.6 is 0 Å². The van der Waals surface area contributed by atoms with Gasteiger partial charge in [0.2, 0.25) is 0 Å². The highest BCUT2D eigenvalue weighted by atomic mass is 16.5. The molecular formula is C17H24N2O. The number of para-hydroxylation sites is 1. The molecule has 3 heteroatoms. The van der Waals surface area contributed by atoms with Crippen LogP contribution < -0.4 is 5.32 Å². The van der Waals surface area contributed by atoms with E-state index in [0.29, 0.717) is 12.0 Å². The molecular weight excluding hydrogens is 248 g/mol. The number of hydrogen-bond donors (Lipinski definition) is 1. The fourth-order valence-electron chi connectivity index (χ4n) is 3.26. The van der Waals surface area contributed by atoms with Crippen LogP contribution in [-0.4, -0.2) is 23.8 Å². The first-order valence-electron chi connectivity index (χ1n) is 7.52. The third-order valence-electron chi connectivity index (χ3n) is 4.77. The number of nitrogens with zero attached hydrogens (tertiary/aromatic N) is 1. The van der Waals surface area contributed by atoms with Crippen molar-refractivity contribution in [2.24, 2.45) is 13.0 Å². The maximum absolute atomic E-state index is 5.48. The molecule has 3 nitrogen and oxygen atoms in total. The van der Waals surface area contributed by atoms with Gasteiger partial charge in [0.1, 0.15) is 0 Å². The first-order chi connectivity index (χ1) is 9.68. The fourth-order valence-corrected chi connectivity index (χ4v) is 3.26. The molecule has 0 amide bonds. The number of aromatic nitrogens is 1. The van der Waals surface area contributed by atoms with Crippen LogP contribution in [-0.2, 0) is 18.3 Å². The molecule has 0 saturated carbocycles. The van der Waals surface area contributed by atoms with E-state index in [0.717, 1.165) is 19.8 Å². The average Bonchev–Trinajstić information content (AvgIpc) is 3.07. The number of aryl methyl sites for hydroxylation is 2. The Labute approximate surface area is 120 Å². The van der Waals surface area contributed by atoms with Crippen molar-refractivity contribution in [2.75, 3.05) is 13.2 Å². The second-order valence-corrected chi connectivity index (χ2v) is 5.94. The van der Waals surface area contributed by atoms with Gasteiger partial charge >= 0.3 is 0 Å². The number of benzene rings is 1. The molecule has 3 rings (SSSR count). The van der Waals surface area contributed by atoms with E-state index in [1.165, 1.54) is 28.6 Å². The molecule has 2 unspecified atom stereocenters.